The van der Waals surface area contributed by atoms with E-state index in [1.165, 1.54) is 29.5 Å². The van der Waals surface area contributed by atoms with E-state index in [9.17, 15) is 25.9 Å². The van der Waals surface area contributed by atoms with Crippen molar-refractivity contribution in [2.75, 3.05) is 0 Å². The Hall–Kier alpha value is -1.59. The lowest BCUT2D eigenvalue weighted by atomic mass is 10.1. The molecule has 0 amide bonds. The molecule has 3 aromatic rings. The number of hydrogen-bond acceptors (Lipinski definition) is 5. The van der Waals surface area contributed by atoms with Crippen molar-refractivity contribution < 1.29 is 30.5 Å². The van der Waals surface area contributed by atoms with Gasteiger partial charge in [-0.25, -0.2) is 0 Å². The highest BCUT2D eigenvalue weighted by atomic mass is 32.2. The van der Waals surface area contributed by atoms with Crippen LogP contribution in [0.2, 0.25) is 0 Å². The number of nitrogens with zero attached hydrogens (tertiary/aromatic N) is 1. The number of rotatable bonds is 3. The molecule has 2 aromatic carbocycles. The summed E-state index contributed by atoms with van der Waals surface area (Å²) in [6.07, 6.45) is 0. The van der Waals surface area contributed by atoms with Crippen molar-refractivity contribution in [3.05, 3.63) is 29.3 Å². The van der Waals surface area contributed by atoms with Crippen molar-refractivity contribution >= 4 is 52.6 Å². The minimum Gasteiger partial charge on any atom is -0.282 e. The lowest BCUT2D eigenvalue weighted by molar-refractivity contribution is -0.669. The average molecular weight is 388 g/mol. The lowest BCUT2D eigenvalue weighted by Crippen LogP contribution is -2.33. The van der Waals surface area contributed by atoms with Crippen LogP contribution in [0.1, 0.15) is 11.9 Å². The summed E-state index contributed by atoms with van der Waals surface area (Å²) >= 11 is 1.44. The third kappa shape index (κ3) is 2.70. The van der Waals surface area contributed by atoms with Crippen LogP contribution in [-0.4, -0.2) is 25.9 Å². The van der Waals surface area contributed by atoms with E-state index in [1.54, 1.807) is 0 Å². The molecule has 0 aliphatic rings. The van der Waals surface area contributed by atoms with E-state index in [-0.39, 0.29) is 5.39 Å². The van der Waals surface area contributed by atoms with Gasteiger partial charge in [-0.3, -0.25) is 9.11 Å². The lowest BCUT2D eigenvalue weighted by Gasteiger charge is -2.06. The van der Waals surface area contributed by atoms with Gasteiger partial charge in [-0.15, -0.1) is 0 Å². The predicted molar refractivity (Wildman–Crippen MR) is 89.6 cm³/mol. The largest absolute Gasteiger partial charge is 0.295 e. The summed E-state index contributed by atoms with van der Waals surface area (Å²) in [6.45, 7) is 4.42. The molecule has 0 saturated heterocycles. The normalized spacial score (nSPS) is 13.0. The first-order valence-electron chi connectivity index (χ1n) is 6.88. The fraction of sp³-hybridized carbons (Fsp3) is 0.214. The Kier molecular flexibility index (Phi) is 3.92. The highest BCUT2D eigenvalue weighted by Crippen LogP contribution is 2.35. The molecule has 128 valence electrons. The van der Waals surface area contributed by atoms with Crippen LogP contribution in [0.15, 0.2) is 34.1 Å². The van der Waals surface area contributed by atoms with Gasteiger partial charge in [0, 0.05) is 23.8 Å². The van der Waals surface area contributed by atoms with Gasteiger partial charge in [0.1, 0.15) is 16.1 Å². The molecule has 0 fully saturated rings. The Bertz CT molecular complexity index is 1190. The van der Waals surface area contributed by atoms with Crippen LogP contribution in [0.5, 0.6) is 0 Å². The second-order valence-corrected chi connectivity index (χ2v) is 9.26. The minimum atomic E-state index is -4.58. The Balaban J connectivity index is 2.60. The number of thiazole rings is 1. The van der Waals surface area contributed by atoms with Crippen molar-refractivity contribution in [3.63, 3.8) is 0 Å². The van der Waals surface area contributed by atoms with Crippen LogP contribution >= 0.6 is 11.3 Å². The maximum absolute atomic E-state index is 11.8. The van der Waals surface area contributed by atoms with Gasteiger partial charge in [0.15, 0.2) is 0 Å². The van der Waals surface area contributed by atoms with Gasteiger partial charge < -0.3 is 0 Å². The molecule has 1 heterocycles. The summed E-state index contributed by atoms with van der Waals surface area (Å²) in [7, 11) is -9.08. The van der Waals surface area contributed by atoms with Crippen molar-refractivity contribution in [2.45, 2.75) is 30.2 Å². The van der Waals surface area contributed by atoms with Crippen molar-refractivity contribution in [1.82, 2.24) is 0 Å². The number of aromatic nitrogens is 1. The first-order chi connectivity index (χ1) is 11.0. The van der Waals surface area contributed by atoms with E-state index in [4.69, 9.17) is 0 Å². The second kappa shape index (κ2) is 5.46. The fourth-order valence-corrected chi connectivity index (χ4v) is 5.19. The van der Waals surface area contributed by atoms with Crippen LogP contribution in [-0.2, 0) is 26.8 Å². The maximum Gasteiger partial charge on any atom is 0.295 e. The van der Waals surface area contributed by atoms with Crippen LogP contribution in [0.3, 0.4) is 0 Å². The molecule has 0 unspecified atom stereocenters. The molecule has 24 heavy (non-hydrogen) atoms. The first kappa shape index (κ1) is 17.2. The van der Waals surface area contributed by atoms with Gasteiger partial charge in [0.2, 0.25) is 10.5 Å². The molecular weight excluding hydrogens is 374 g/mol. The van der Waals surface area contributed by atoms with E-state index in [0.29, 0.717) is 17.4 Å². The van der Waals surface area contributed by atoms with Gasteiger partial charge in [-0.05, 0) is 19.1 Å². The smallest absolute Gasteiger partial charge is 0.282 e. The summed E-state index contributed by atoms with van der Waals surface area (Å²) in [5.74, 6) is 0. The number of benzene rings is 2. The number of hydrogen-bond donors (Lipinski definition) is 2. The molecule has 0 saturated carbocycles. The molecule has 0 aliphatic heterocycles. The zero-order valence-corrected chi connectivity index (χ0v) is 15.2. The molecule has 2 N–H and O–H groups in total. The predicted octanol–water partition coefficient (Wildman–Crippen LogP) is 2.16. The van der Waals surface area contributed by atoms with E-state index in [1.807, 2.05) is 18.4 Å². The Labute approximate surface area is 142 Å². The third-order valence-corrected chi connectivity index (χ3v) is 6.71. The average Bonchev–Trinajstić information content (AvgIpc) is 2.79. The molecule has 0 aliphatic carbocycles. The minimum absolute atomic E-state index is 0.0460. The van der Waals surface area contributed by atoms with Gasteiger partial charge in [-0.1, -0.05) is 17.4 Å². The third-order valence-electron chi connectivity index (χ3n) is 3.81. The topological polar surface area (TPSA) is 113 Å². The monoisotopic (exact) mass is 388 g/mol. The molecule has 0 radical (unpaired) electrons. The van der Waals surface area contributed by atoms with Crippen LogP contribution in [0.25, 0.3) is 21.0 Å². The zero-order valence-electron chi connectivity index (χ0n) is 12.7. The molecule has 3 rings (SSSR count). The number of fused-ring (bicyclic) bond motifs is 3. The van der Waals surface area contributed by atoms with E-state index in [2.05, 4.69) is 0 Å². The molecule has 0 bridgehead atoms. The molecular formula is C14H14NO6S3+. The highest BCUT2D eigenvalue weighted by molar-refractivity contribution is 7.86. The molecule has 7 nitrogen and oxygen atoms in total. The summed E-state index contributed by atoms with van der Waals surface area (Å²) in [6, 6.07) is 5.02. The highest BCUT2D eigenvalue weighted by Gasteiger charge is 2.25. The van der Waals surface area contributed by atoms with Gasteiger partial charge in [0.05, 0.1) is 4.90 Å². The van der Waals surface area contributed by atoms with Crippen molar-refractivity contribution in [3.8, 4) is 0 Å². The maximum atomic E-state index is 11.8. The van der Waals surface area contributed by atoms with E-state index >= 15 is 0 Å². The Morgan fingerprint density at radius 2 is 1.71 bits per heavy atom. The van der Waals surface area contributed by atoms with Crippen LogP contribution in [0, 0.1) is 6.92 Å². The Morgan fingerprint density at radius 3 is 2.25 bits per heavy atom. The molecule has 10 heteroatoms. The Morgan fingerprint density at radius 1 is 1.04 bits per heavy atom. The van der Waals surface area contributed by atoms with Crippen molar-refractivity contribution in [1.29, 1.82) is 0 Å². The van der Waals surface area contributed by atoms with Gasteiger partial charge >= 0.3 is 0 Å². The zero-order chi connectivity index (χ0) is 17.9. The molecule has 0 spiro atoms. The SMILES string of the molecule is CC[n+]1c(C)sc2c3ccc(S(=O)(=O)O)cc3c(S(=O)(=O)O)cc21. The van der Waals surface area contributed by atoms with E-state index < -0.39 is 30.0 Å². The quantitative estimate of drug-likeness (QED) is 0.525. The standard InChI is InChI=1S/C14H13NO6S3/c1-3-15-8(2)22-14-10-5-4-9(23(16,17)18)6-11(10)13(7-12(14)15)24(19,20)21/h4-7H,3H2,1-2H3,(H-,16,17,18,19,20,21)/p+1. The summed E-state index contributed by atoms with van der Waals surface area (Å²) in [4.78, 5) is -0.827. The first-order valence-corrected chi connectivity index (χ1v) is 10.6. The number of aryl methyl sites for hydroxylation is 2. The summed E-state index contributed by atoms with van der Waals surface area (Å²) < 4.78 is 67.7. The fourth-order valence-electron chi connectivity index (χ4n) is 2.78. The molecule has 0 atom stereocenters. The molecule has 1 aromatic heterocycles. The summed E-state index contributed by atoms with van der Waals surface area (Å²) in [5, 5.41) is 1.48. The summed E-state index contributed by atoms with van der Waals surface area (Å²) in [5.41, 5.74) is 0.639. The second-order valence-electron chi connectivity index (χ2n) is 5.25. The van der Waals surface area contributed by atoms with Crippen LogP contribution in [0.4, 0.5) is 0 Å². The van der Waals surface area contributed by atoms with Gasteiger partial charge in [-0.2, -0.15) is 21.4 Å². The van der Waals surface area contributed by atoms with E-state index in [0.717, 1.165) is 15.8 Å². The van der Waals surface area contributed by atoms with Crippen molar-refractivity contribution in [2.24, 2.45) is 0 Å². The van der Waals surface area contributed by atoms with Crippen LogP contribution < -0.4 is 4.57 Å². The van der Waals surface area contributed by atoms with Gasteiger partial charge in [0.25, 0.3) is 20.2 Å².